The van der Waals surface area contributed by atoms with Gasteiger partial charge in [0, 0.05) is 56.9 Å². The minimum absolute atomic E-state index is 0.563. The highest BCUT2D eigenvalue weighted by Gasteiger charge is 2.32. The molecule has 0 spiro atoms. The van der Waals surface area contributed by atoms with E-state index in [9.17, 15) is 8.42 Å². The van der Waals surface area contributed by atoms with E-state index in [0.29, 0.717) is 31.3 Å². The van der Waals surface area contributed by atoms with Crippen molar-refractivity contribution < 1.29 is 8.42 Å². The van der Waals surface area contributed by atoms with E-state index in [-0.39, 0.29) is 0 Å². The third-order valence-electron chi connectivity index (χ3n) is 4.50. The van der Waals surface area contributed by atoms with Crippen molar-refractivity contribution >= 4 is 26.7 Å². The third-order valence-corrected chi connectivity index (χ3v) is 7.35. The summed E-state index contributed by atoms with van der Waals surface area (Å²) in [4.78, 5) is 7.46. The fourth-order valence-corrected chi connectivity index (χ4v) is 5.57. The van der Waals surface area contributed by atoms with Crippen LogP contribution in [0, 0.1) is 0 Å². The smallest absolute Gasteiger partial charge is 0.282 e. The lowest BCUT2D eigenvalue weighted by Crippen LogP contribution is -2.52. The molecule has 2 N–H and O–H groups in total. The number of anilines is 1. The molecule has 0 unspecified atom stereocenters. The molecule has 1 aromatic heterocycles. The highest BCUT2D eigenvalue weighted by atomic mass is 32.2. The zero-order chi connectivity index (χ0) is 16.3. The number of hydrogen-bond acceptors (Lipinski definition) is 6. The predicted octanol–water partition coefficient (Wildman–Crippen LogP) is 0.964. The van der Waals surface area contributed by atoms with Crippen molar-refractivity contribution in [1.82, 2.24) is 18.5 Å². The minimum Gasteiger partial charge on any atom is -0.375 e. The molecule has 2 aliphatic rings. The van der Waals surface area contributed by atoms with Gasteiger partial charge in [-0.15, -0.1) is 11.3 Å². The van der Waals surface area contributed by atoms with Crippen molar-refractivity contribution in [2.75, 3.05) is 45.0 Å². The monoisotopic (exact) mass is 359 g/mol. The maximum absolute atomic E-state index is 12.8. The molecule has 130 valence electrons. The van der Waals surface area contributed by atoms with E-state index < -0.39 is 10.2 Å². The van der Waals surface area contributed by atoms with Gasteiger partial charge in [0.25, 0.3) is 10.2 Å². The molecule has 2 aliphatic heterocycles. The second kappa shape index (κ2) is 7.43. The Bertz CT molecular complexity index is 602. The Morgan fingerprint density at radius 3 is 2.17 bits per heavy atom. The van der Waals surface area contributed by atoms with Crippen LogP contribution in [0.25, 0.3) is 0 Å². The topological polar surface area (TPSA) is 82.8 Å². The van der Waals surface area contributed by atoms with Crippen molar-refractivity contribution in [2.45, 2.75) is 32.2 Å². The van der Waals surface area contributed by atoms with Gasteiger partial charge in [0.1, 0.15) is 0 Å². The van der Waals surface area contributed by atoms with E-state index in [0.717, 1.165) is 50.2 Å². The molecule has 3 rings (SSSR count). The Labute approximate surface area is 142 Å². The lowest BCUT2D eigenvalue weighted by molar-refractivity contribution is 0.176. The molecule has 23 heavy (non-hydrogen) atoms. The van der Waals surface area contributed by atoms with E-state index in [2.05, 4.69) is 9.88 Å². The first-order chi connectivity index (χ1) is 11.1. The summed E-state index contributed by atoms with van der Waals surface area (Å²) in [7, 11) is -3.29. The van der Waals surface area contributed by atoms with Crippen molar-refractivity contribution in [3.63, 3.8) is 0 Å². The van der Waals surface area contributed by atoms with Crippen molar-refractivity contribution in [1.29, 1.82) is 0 Å². The van der Waals surface area contributed by atoms with Gasteiger partial charge in [0.2, 0.25) is 0 Å². The Morgan fingerprint density at radius 2 is 1.61 bits per heavy atom. The molecule has 0 atom stereocenters. The zero-order valence-electron chi connectivity index (χ0n) is 13.4. The van der Waals surface area contributed by atoms with Gasteiger partial charge in [0.15, 0.2) is 5.13 Å². The fraction of sp³-hybridized carbons (Fsp3) is 0.786. The molecule has 0 amide bonds. The lowest BCUT2D eigenvalue weighted by Gasteiger charge is -2.36. The Hall–Kier alpha value is -0.740. The Kier molecular flexibility index (Phi) is 5.53. The second-order valence-electron chi connectivity index (χ2n) is 6.16. The van der Waals surface area contributed by atoms with Crippen LogP contribution in [0.5, 0.6) is 0 Å². The van der Waals surface area contributed by atoms with Gasteiger partial charge in [-0.1, -0.05) is 12.8 Å². The van der Waals surface area contributed by atoms with Crippen molar-refractivity contribution in [2.24, 2.45) is 0 Å². The highest BCUT2D eigenvalue weighted by Crippen LogP contribution is 2.20. The molecule has 0 aromatic carbocycles. The second-order valence-corrected chi connectivity index (χ2v) is 9.24. The number of thiazole rings is 1. The maximum atomic E-state index is 12.8. The highest BCUT2D eigenvalue weighted by molar-refractivity contribution is 7.86. The summed E-state index contributed by atoms with van der Waals surface area (Å²) in [6.45, 7) is 4.77. The van der Waals surface area contributed by atoms with E-state index in [1.54, 1.807) is 14.8 Å². The average Bonchev–Trinajstić information content (AvgIpc) is 2.79. The quantitative estimate of drug-likeness (QED) is 0.866. The number of nitrogens with zero attached hydrogens (tertiary/aromatic N) is 4. The molecule has 2 saturated heterocycles. The number of rotatable bonds is 4. The first-order valence-corrected chi connectivity index (χ1v) is 10.4. The summed E-state index contributed by atoms with van der Waals surface area (Å²) < 4.78 is 28.9. The minimum atomic E-state index is -3.29. The van der Waals surface area contributed by atoms with Crippen LogP contribution in [-0.2, 0) is 16.8 Å². The van der Waals surface area contributed by atoms with Gasteiger partial charge in [0.05, 0.1) is 0 Å². The van der Waals surface area contributed by atoms with Gasteiger partial charge in [-0.3, -0.25) is 4.90 Å². The van der Waals surface area contributed by atoms with E-state index in [1.165, 1.54) is 11.3 Å². The maximum Gasteiger partial charge on any atom is 0.282 e. The van der Waals surface area contributed by atoms with Gasteiger partial charge in [-0.25, -0.2) is 4.98 Å². The number of piperazine rings is 1. The molecule has 0 bridgehead atoms. The molecule has 3 heterocycles. The summed E-state index contributed by atoms with van der Waals surface area (Å²) in [6.07, 6.45) is 6.04. The lowest BCUT2D eigenvalue weighted by atomic mass is 10.2. The molecule has 2 fully saturated rings. The van der Waals surface area contributed by atoms with Crippen LogP contribution < -0.4 is 5.73 Å². The third kappa shape index (κ3) is 4.21. The van der Waals surface area contributed by atoms with Crippen LogP contribution in [0.1, 0.15) is 30.6 Å². The van der Waals surface area contributed by atoms with Crippen LogP contribution in [0.15, 0.2) is 6.20 Å². The van der Waals surface area contributed by atoms with Crippen LogP contribution in [0.4, 0.5) is 5.13 Å². The van der Waals surface area contributed by atoms with Gasteiger partial charge in [-0.05, 0) is 12.8 Å². The molecule has 9 heteroatoms. The summed E-state index contributed by atoms with van der Waals surface area (Å²) in [5.74, 6) is 0. The van der Waals surface area contributed by atoms with E-state index in [4.69, 9.17) is 5.73 Å². The summed E-state index contributed by atoms with van der Waals surface area (Å²) >= 11 is 1.50. The van der Waals surface area contributed by atoms with Crippen molar-refractivity contribution in [3.8, 4) is 0 Å². The fourth-order valence-electron chi connectivity index (χ4n) is 3.17. The SMILES string of the molecule is Nc1ncc(CN2CCN(S(=O)(=O)N3CCCCCC3)CC2)s1. The largest absolute Gasteiger partial charge is 0.375 e. The molecule has 7 nitrogen and oxygen atoms in total. The van der Waals surface area contributed by atoms with Crippen LogP contribution >= 0.6 is 11.3 Å². The van der Waals surface area contributed by atoms with Crippen molar-refractivity contribution in [3.05, 3.63) is 11.1 Å². The van der Waals surface area contributed by atoms with E-state index >= 15 is 0 Å². The Balaban J connectivity index is 1.55. The molecule has 0 radical (unpaired) electrons. The molecule has 0 saturated carbocycles. The zero-order valence-corrected chi connectivity index (χ0v) is 15.0. The number of hydrogen-bond donors (Lipinski definition) is 1. The summed E-state index contributed by atoms with van der Waals surface area (Å²) in [5.41, 5.74) is 5.65. The van der Waals surface area contributed by atoms with Gasteiger partial charge in [-0.2, -0.15) is 17.0 Å². The van der Waals surface area contributed by atoms with Crippen LogP contribution in [-0.4, -0.2) is 66.2 Å². The summed E-state index contributed by atoms with van der Waals surface area (Å²) in [5, 5.41) is 0.586. The van der Waals surface area contributed by atoms with Gasteiger partial charge < -0.3 is 5.73 Å². The first kappa shape index (κ1) is 17.1. The first-order valence-electron chi connectivity index (χ1n) is 8.23. The van der Waals surface area contributed by atoms with Crippen LogP contribution in [0.3, 0.4) is 0 Å². The van der Waals surface area contributed by atoms with Crippen LogP contribution in [0.2, 0.25) is 0 Å². The molecular weight excluding hydrogens is 334 g/mol. The average molecular weight is 360 g/mol. The van der Waals surface area contributed by atoms with E-state index in [1.807, 2.05) is 0 Å². The number of aromatic nitrogens is 1. The standard InChI is InChI=1S/C14H25N5O2S2/c15-14-16-11-13(22-14)12-17-7-9-19(10-8-17)23(20,21)18-5-3-1-2-4-6-18/h11H,1-10,12H2,(H2,15,16). The number of nitrogen functional groups attached to an aromatic ring is 1. The predicted molar refractivity (Wildman–Crippen MR) is 92.3 cm³/mol. The molecule has 0 aliphatic carbocycles. The number of nitrogens with two attached hydrogens (primary N) is 1. The molecule has 1 aromatic rings. The normalized spacial score (nSPS) is 23.0. The summed E-state index contributed by atoms with van der Waals surface area (Å²) in [6, 6.07) is 0. The van der Waals surface area contributed by atoms with Gasteiger partial charge >= 0.3 is 0 Å². The molecular formula is C14H25N5O2S2. The Morgan fingerprint density at radius 1 is 1.00 bits per heavy atom.